The van der Waals surface area contributed by atoms with Crippen LogP contribution in [0.25, 0.3) is 0 Å². The van der Waals surface area contributed by atoms with Crippen LogP contribution in [0.3, 0.4) is 0 Å². The van der Waals surface area contributed by atoms with Crippen LogP contribution in [0.2, 0.25) is 0 Å². The van der Waals surface area contributed by atoms with Crippen LogP contribution in [0.4, 0.5) is 4.79 Å². The van der Waals surface area contributed by atoms with E-state index in [2.05, 4.69) is 16.0 Å². The highest BCUT2D eigenvalue weighted by atomic mass is 16.5. The summed E-state index contributed by atoms with van der Waals surface area (Å²) in [5, 5.41) is 8.13. The van der Waals surface area contributed by atoms with E-state index in [-0.39, 0.29) is 24.7 Å². The molecule has 1 aromatic carbocycles. The minimum absolute atomic E-state index is 0.0522. The van der Waals surface area contributed by atoms with Gasteiger partial charge in [-0.15, -0.1) is 0 Å². The van der Waals surface area contributed by atoms with Crippen molar-refractivity contribution in [1.29, 1.82) is 0 Å². The number of ether oxygens (including phenoxy) is 1. The lowest BCUT2D eigenvalue weighted by Crippen LogP contribution is -2.39. The molecule has 28 heavy (non-hydrogen) atoms. The van der Waals surface area contributed by atoms with E-state index in [0.717, 1.165) is 5.56 Å². The van der Waals surface area contributed by atoms with Crippen LogP contribution in [0.5, 0.6) is 0 Å². The van der Waals surface area contributed by atoms with Crippen LogP contribution in [0.1, 0.15) is 48.5 Å². The summed E-state index contributed by atoms with van der Waals surface area (Å²) in [5.74, 6) is -0.405. The molecule has 3 amide bonds. The molecule has 2 aromatic rings. The Labute approximate surface area is 163 Å². The second kappa shape index (κ2) is 10.1. The van der Waals surface area contributed by atoms with Crippen LogP contribution < -0.4 is 16.0 Å². The van der Waals surface area contributed by atoms with E-state index in [1.807, 2.05) is 13.8 Å². The van der Waals surface area contributed by atoms with Gasteiger partial charge in [-0.25, -0.2) is 9.59 Å². The third-order valence-corrected chi connectivity index (χ3v) is 3.74. The van der Waals surface area contributed by atoms with E-state index in [4.69, 9.17) is 9.15 Å². The highest BCUT2D eigenvalue weighted by molar-refractivity contribution is 5.91. The number of esters is 1. The highest BCUT2D eigenvalue weighted by Gasteiger charge is 2.14. The van der Waals surface area contributed by atoms with Gasteiger partial charge in [-0.2, -0.15) is 0 Å². The molecule has 3 N–H and O–H groups in total. The van der Waals surface area contributed by atoms with Crippen molar-refractivity contribution in [3.63, 3.8) is 0 Å². The molecule has 0 unspecified atom stereocenters. The zero-order valence-electron chi connectivity index (χ0n) is 16.2. The van der Waals surface area contributed by atoms with Gasteiger partial charge >= 0.3 is 12.0 Å². The van der Waals surface area contributed by atoms with Gasteiger partial charge in [-0.1, -0.05) is 12.1 Å². The van der Waals surface area contributed by atoms with Crippen molar-refractivity contribution in [3.05, 3.63) is 59.5 Å². The molecule has 0 bridgehead atoms. The van der Waals surface area contributed by atoms with E-state index in [1.165, 1.54) is 6.26 Å². The number of benzene rings is 1. The normalized spacial score (nSPS) is 11.6. The number of nitrogens with one attached hydrogen (secondary N) is 3. The molecule has 8 nitrogen and oxygen atoms in total. The van der Waals surface area contributed by atoms with Gasteiger partial charge in [-0.3, -0.25) is 4.79 Å². The maximum atomic E-state index is 12.1. The van der Waals surface area contributed by atoms with Crippen molar-refractivity contribution in [3.8, 4) is 0 Å². The third kappa shape index (κ3) is 6.79. The summed E-state index contributed by atoms with van der Waals surface area (Å²) < 4.78 is 10.2. The van der Waals surface area contributed by atoms with Crippen molar-refractivity contribution >= 4 is 17.9 Å². The Kier molecular flexibility index (Phi) is 7.62. The van der Waals surface area contributed by atoms with Gasteiger partial charge in [0.15, 0.2) is 6.61 Å². The Morgan fingerprint density at radius 1 is 1.04 bits per heavy atom. The SMILES string of the molecule is CC(C)NC(=O)NCc1ccc(C(=O)OCC(=O)N[C@@H](C)c2ccco2)cc1. The van der Waals surface area contributed by atoms with E-state index in [1.54, 1.807) is 43.3 Å². The summed E-state index contributed by atoms with van der Waals surface area (Å²) in [7, 11) is 0. The van der Waals surface area contributed by atoms with Crippen molar-refractivity contribution < 1.29 is 23.5 Å². The summed E-state index contributed by atoms with van der Waals surface area (Å²) in [6.07, 6.45) is 1.52. The average Bonchev–Trinajstić information content (AvgIpc) is 3.19. The smallest absolute Gasteiger partial charge is 0.338 e. The maximum absolute atomic E-state index is 12.1. The summed E-state index contributed by atoms with van der Waals surface area (Å²) in [6.45, 7) is 5.46. The highest BCUT2D eigenvalue weighted by Crippen LogP contribution is 2.12. The van der Waals surface area contributed by atoms with Gasteiger partial charge in [0.25, 0.3) is 5.91 Å². The van der Waals surface area contributed by atoms with Gasteiger partial charge in [0.1, 0.15) is 5.76 Å². The zero-order chi connectivity index (χ0) is 20.5. The Hall–Kier alpha value is -3.29. The van der Waals surface area contributed by atoms with Crippen molar-refractivity contribution in [2.24, 2.45) is 0 Å². The van der Waals surface area contributed by atoms with Gasteiger partial charge < -0.3 is 25.1 Å². The molecule has 0 spiro atoms. The molecule has 1 heterocycles. The Morgan fingerprint density at radius 3 is 2.36 bits per heavy atom. The molecular formula is C20H25N3O5. The topological polar surface area (TPSA) is 110 Å². The number of urea groups is 1. The quantitative estimate of drug-likeness (QED) is 0.603. The number of furan rings is 1. The third-order valence-electron chi connectivity index (χ3n) is 3.74. The van der Waals surface area contributed by atoms with Crippen LogP contribution in [-0.4, -0.2) is 30.6 Å². The largest absolute Gasteiger partial charge is 0.467 e. The molecule has 0 fully saturated rings. The number of hydrogen-bond acceptors (Lipinski definition) is 5. The number of hydrogen-bond donors (Lipinski definition) is 3. The molecule has 0 aliphatic rings. The first kappa shape index (κ1) is 21.0. The van der Waals surface area contributed by atoms with Crippen molar-refractivity contribution in [2.45, 2.75) is 39.4 Å². The van der Waals surface area contributed by atoms with Gasteiger partial charge in [0.05, 0.1) is 17.9 Å². The summed E-state index contributed by atoms with van der Waals surface area (Å²) in [6, 6.07) is 9.56. The average molecular weight is 387 g/mol. The van der Waals surface area contributed by atoms with Crippen LogP contribution >= 0.6 is 0 Å². The lowest BCUT2D eigenvalue weighted by atomic mass is 10.1. The molecule has 1 aromatic heterocycles. The first-order chi connectivity index (χ1) is 13.3. The number of amides is 3. The lowest BCUT2D eigenvalue weighted by Gasteiger charge is -2.12. The Morgan fingerprint density at radius 2 is 1.75 bits per heavy atom. The van der Waals surface area contributed by atoms with E-state index < -0.39 is 11.9 Å². The monoisotopic (exact) mass is 387 g/mol. The van der Waals surface area contributed by atoms with Gasteiger partial charge in [0.2, 0.25) is 0 Å². The molecule has 150 valence electrons. The van der Waals surface area contributed by atoms with Crippen LogP contribution in [-0.2, 0) is 16.1 Å². The fraction of sp³-hybridized carbons (Fsp3) is 0.350. The van der Waals surface area contributed by atoms with Crippen molar-refractivity contribution in [1.82, 2.24) is 16.0 Å². The second-order valence-corrected chi connectivity index (χ2v) is 6.56. The lowest BCUT2D eigenvalue weighted by molar-refractivity contribution is -0.125. The fourth-order valence-corrected chi connectivity index (χ4v) is 2.36. The molecule has 0 saturated carbocycles. The minimum Gasteiger partial charge on any atom is -0.467 e. The van der Waals surface area contributed by atoms with Gasteiger partial charge in [-0.05, 0) is 50.6 Å². The van der Waals surface area contributed by atoms with E-state index in [9.17, 15) is 14.4 Å². The Bertz CT molecular complexity index is 785. The number of rotatable bonds is 8. The molecule has 1 atom stereocenters. The first-order valence-electron chi connectivity index (χ1n) is 8.98. The van der Waals surface area contributed by atoms with Crippen LogP contribution in [0, 0.1) is 0 Å². The predicted molar refractivity (Wildman–Crippen MR) is 102 cm³/mol. The molecule has 2 rings (SSSR count). The van der Waals surface area contributed by atoms with Crippen LogP contribution in [0.15, 0.2) is 47.1 Å². The van der Waals surface area contributed by atoms with E-state index in [0.29, 0.717) is 17.9 Å². The number of carbonyl (C=O) groups is 3. The first-order valence-corrected chi connectivity index (χ1v) is 8.98. The fourth-order valence-electron chi connectivity index (χ4n) is 2.36. The molecule has 0 aliphatic heterocycles. The summed E-state index contributed by atoms with van der Waals surface area (Å²) in [4.78, 5) is 35.5. The molecule has 0 aliphatic carbocycles. The summed E-state index contributed by atoms with van der Waals surface area (Å²) in [5.41, 5.74) is 1.16. The second-order valence-electron chi connectivity index (χ2n) is 6.56. The van der Waals surface area contributed by atoms with Crippen molar-refractivity contribution in [2.75, 3.05) is 6.61 Å². The molecular weight excluding hydrogens is 362 g/mol. The number of carbonyl (C=O) groups excluding carboxylic acids is 3. The molecule has 0 radical (unpaired) electrons. The zero-order valence-corrected chi connectivity index (χ0v) is 16.2. The van der Waals surface area contributed by atoms with Gasteiger partial charge in [0, 0.05) is 12.6 Å². The predicted octanol–water partition coefficient (Wildman–Crippen LogP) is 2.52. The molecule has 8 heteroatoms. The molecule has 0 saturated heterocycles. The standard InChI is InChI=1S/C20H25N3O5/c1-13(2)22-20(26)21-11-15-6-8-16(9-7-15)19(25)28-12-18(24)23-14(3)17-5-4-10-27-17/h4-10,13-14H,11-12H2,1-3H3,(H,23,24)(H2,21,22,26)/t14-/m0/s1. The summed E-state index contributed by atoms with van der Waals surface area (Å²) >= 11 is 0. The van der Waals surface area contributed by atoms with E-state index >= 15 is 0 Å². The minimum atomic E-state index is -0.599. The maximum Gasteiger partial charge on any atom is 0.338 e. The Balaban J connectivity index is 1.76.